The molecule has 148 valence electrons. The smallest absolute Gasteiger partial charge is 0.132 e. The van der Waals surface area contributed by atoms with Gasteiger partial charge in [0.2, 0.25) is 0 Å². The molecule has 0 radical (unpaired) electrons. The van der Waals surface area contributed by atoms with E-state index in [0.717, 1.165) is 43.9 Å². The van der Waals surface area contributed by atoms with Crippen LogP contribution in [0.4, 0.5) is 5.82 Å². The number of hydrogen-bond acceptors (Lipinski definition) is 7. The lowest BCUT2D eigenvalue weighted by molar-refractivity contribution is -0.0276. The van der Waals surface area contributed by atoms with E-state index in [1.165, 1.54) is 12.8 Å². The van der Waals surface area contributed by atoms with Gasteiger partial charge in [-0.2, -0.15) is 0 Å². The Hall–Kier alpha value is -1.28. The minimum Gasteiger partial charge on any atom is -0.376 e. The fraction of sp³-hybridized carbons (Fsp3) is 0.800. The van der Waals surface area contributed by atoms with E-state index in [9.17, 15) is 0 Å². The molecule has 4 fully saturated rings. The van der Waals surface area contributed by atoms with E-state index in [1.807, 2.05) is 0 Å². The van der Waals surface area contributed by atoms with E-state index in [-0.39, 0.29) is 12.1 Å². The molecule has 4 heterocycles. The summed E-state index contributed by atoms with van der Waals surface area (Å²) in [5, 5.41) is 0. The summed E-state index contributed by atoms with van der Waals surface area (Å²) >= 11 is 0. The van der Waals surface area contributed by atoms with Crippen LogP contribution in [0, 0.1) is 5.92 Å². The average Bonchev–Trinajstić information content (AvgIpc) is 3.23. The number of rotatable bonds is 4. The number of ether oxygens (including phenoxy) is 2. The van der Waals surface area contributed by atoms with Crippen LogP contribution in [0.25, 0.3) is 0 Å². The highest BCUT2D eigenvalue weighted by atomic mass is 16.5. The van der Waals surface area contributed by atoms with Gasteiger partial charge >= 0.3 is 0 Å². The van der Waals surface area contributed by atoms with Gasteiger partial charge in [0.25, 0.3) is 0 Å². The van der Waals surface area contributed by atoms with Gasteiger partial charge in [0.15, 0.2) is 0 Å². The first-order valence-electron chi connectivity index (χ1n) is 10.5. The molecular formula is C20H31N5O2. The van der Waals surface area contributed by atoms with Crippen LogP contribution in [0.1, 0.15) is 57.7 Å². The summed E-state index contributed by atoms with van der Waals surface area (Å²) in [6, 6.07) is 2.90. The van der Waals surface area contributed by atoms with Crippen molar-refractivity contribution in [2.24, 2.45) is 5.92 Å². The minimum atomic E-state index is 0.216. The van der Waals surface area contributed by atoms with Gasteiger partial charge in [-0.25, -0.2) is 15.4 Å². The number of fused-ring (bicyclic) bond motifs is 3. The number of hydrazine groups is 1. The number of hydrogen-bond donors (Lipinski definition) is 2. The van der Waals surface area contributed by atoms with Crippen molar-refractivity contribution in [1.29, 1.82) is 0 Å². The summed E-state index contributed by atoms with van der Waals surface area (Å²) in [6.07, 6.45) is 8.80. The SMILES string of the molecule is CC(C)OC1CCC2NNC(c3cc(N4CC5CCC(C4)O5)ncn3)C2C1. The van der Waals surface area contributed by atoms with Crippen LogP contribution < -0.4 is 15.8 Å². The predicted molar refractivity (Wildman–Crippen MR) is 102 cm³/mol. The van der Waals surface area contributed by atoms with Crippen LogP contribution in [-0.4, -0.2) is 53.5 Å². The Balaban J connectivity index is 1.32. The molecule has 1 saturated carbocycles. The zero-order valence-electron chi connectivity index (χ0n) is 16.3. The lowest BCUT2D eigenvalue weighted by Crippen LogP contribution is -2.43. The second-order valence-corrected chi connectivity index (χ2v) is 8.82. The van der Waals surface area contributed by atoms with Crippen molar-refractivity contribution in [1.82, 2.24) is 20.8 Å². The van der Waals surface area contributed by atoms with Crippen LogP contribution in [0.5, 0.6) is 0 Å². The van der Waals surface area contributed by atoms with Crippen LogP contribution in [-0.2, 0) is 9.47 Å². The third-order valence-corrected chi connectivity index (χ3v) is 6.53. The van der Waals surface area contributed by atoms with E-state index >= 15 is 0 Å². The molecule has 0 aromatic carbocycles. The summed E-state index contributed by atoms with van der Waals surface area (Å²) in [7, 11) is 0. The van der Waals surface area contributed by atoms with Crippen LogP contribution in [0.2, 0.25) is 0 Å². The molecule has 1 aliphatic carbocycles. The maximum Gasteiger partial charge on any atom is 0.132 e. The van der Waals surface area contributed by atoms with Gasteiger partial charge in [0.05, 0.1) is 36.2 Å². The average molecular weight is 374 g/mol. The Bertz CT molecular complexity index is 660. The van der Waals surface area contributed by atoms with Gasteiger partial charge in [-0.1, -0.05) is 0 Å². The van der Waals surface area contributed by atoms with Crippen LogP contribution in [0.3, 0.4) is 0 Å². The first-order chi connectivity index (χ1) is 13.2. The second-order valence-electron chi connectivity index (χ2n) is 8.82. The first-order valence-corrected chi connectivity index (χ1v) is 10.5. The highest BCUT2D eigenvalue weighted by Gasteiger charge is 2.42. The molecule has 6 atom stereocenters. The van der Waals surface area contributed by atoms with Crippen molar-refractivity contribution in [3.63, 3.8) is 0 Å². The Morgan fingerprint density at radius 1 is 1.11 bits per heavy atom. The Labute approximate surface area is 161 Å². The van der Waals surface area contributed by atoms with E-state index in [0.29, 0.717) is 30.3 Å². The van der Waals surface area contributed by atoms with E-state index in [2.05, 4.69) is 45.6 Å². The molecule has 3 saturated heterocycles. The molecule has 27 heavy (non-hydrogen) atoms. The van der Waals surface area contributed by atoms with Gasteiger partial charge in [0, 0.05) is 31.1 Å². The Kier molecular flexibility index (Phi) is 4.80. The summed E-state index contributed by atoms with van der Waals surface area (Å²) in [5.74, 6) is 1.54. The topological polar surface area (TPSA) is 71.5 Å². The summed E-state index contributed by atoms with van der Waals surface area (Å²) < 4.78 is 12.1. The monoisotopic (exact) mass is 373 g/mol. The maximum absolute atomic E-state index is 6.12. The number of anilines is 1. The lowest BCUT2D eigenvalue weighted by atomic mass is 9.79. The third kappa shape index (κ3) is 3.58. The van der Waals surface area contributed by atoms with Crippen LogP contribution >= 0.6 is 0 Å². The first kappa shape index (κ1) is 17.8. The van der Waals surface area contributed by atoms with Crippen molar-refractivity contribution >= 4 is 5.82 Å². The predicted octanol–water partition coefficient (Wildman–Crippen LogP) is 1.96. The van der Waals surface area contributed by atoms with E-state index < -0.39 is 0 Å². The third-order valence-electron chi connectivity index (χ3n) is 6.53. The maximum atomic E-state index is 6.12. The highest BCUT2D eigenvalue weighted by Crippen LogP contribution is 2.39. The van der Waals surface area contributed by atoms with Crippen molar-refractivity contribution < 1.29 is 9.47 Å². The second kappa shape index (κ2) is 7.28. The Morgan fingerprint density at radius 2 is 1.93 bits per heavy atom. The van der Waals surface area contributed by atoms with Crippen molar-refractivity contribution in [2.45, 2.75) is 82.5 Å². The highest BCUT2D eigenvalue weighted by molar-refractivity contribution is 5.41. The number of morpholine rings is 1. The van der Waals surface area contributed by atoms with Gasteiger partial charge < -0.3 is 14.4 Å². The zero-order valence-corrected chi connectivity index (χ0v) is 16.3. The summed E-state index contributed by atoms with van der Waals surface area (Å²) in [6.45, 7) is 6.14. The molecule has 6 unspecified atom stereocenters. The van der Waals surface area contributed by atoms with Gasteiger partial charge in [-0.15, -0.1) is 0 Å². The molecule has 2 bridgehead atoms. The molecule has 5 rings (SSSR count). The summed E-state index contributed by atoms with van der Waals surface area (Å²) in [5.41, 5.74) is 8.10. The fourth-order valence-corrected chi connectivity index (χ4v) is 5.32. The molecule has 0 amide bonds. The number of nitrogens with zero attached hydrogens (tertiary/aromatic N) is 3. The van der Waals surface area contributed by atoms with Gasteiger partial charge in [-0.3, -0.25) is 5.43 Å². The number of aromatic nitrogens is 2. The zero-order chi connectivity index (χ0) is 18.4. The standard InChI is InChI=1S/C20H31N5O2/c1-12(2)26-13-5-6-17-16(7-13)20(24-23-17)18-8-19(22-11-21-18)25-9-14-3-4-15(10-25)27-14/h8,11-17,20,23-24H,3-7,9-10H2,1-2H3. The molecule has 1 aromatic rings. The molecule has 1 aromatic heterocycles. The normalized spacial score (nSPS) is 38.4. The lowest BCUT2D eigenvalue weighted by Gasteiger charge is -2.34. The van der Waals surface area contributed by atoms with Crippen molar-refractivity contribution in [3.8, 4) is 0 Å². The quantitative estimate of drug-likeness (QED) is 0.836. The molecule has 7 heteroatoms. The molecule has 4 aliphatic rings. The van der Waals surface area contributed by atoms with Gasteiger partial charge in [-0.05, 0) is 46.0 Å². The fourth-order valence-electron chi connectivity index (χ4n) is 5.32. The Morgan fingerprint density at radius 3 is 2.70 bits per heavy atom. The van der Waals surface area contributed by atoms with E-state index in [1.54, 1.807) is 6.33 Å². The molecular weight excluding hydrogens is 342 g/mol. The molecule has 2 N–H and O–H groups in total. The van der Waals surface area contributed by atoms with E-state index in [4.69, 9.17) is 9.47 Å². The molecule has 7 nitrogen and oxygen atoms in total. The largest absolute Gasteiger partial charge is 0.376 e. The summed E-state index contributed by atoms with van der Waals surface area (Å²) in [4.78, 5) is 11.6. The van der Waals surface area contributed by atoms with Crippen molar-refractivity contribution in [2.75, 3.05) is 18.0 Å². The number of nitrogens with one attached hydrogen (secondary N) is 2. The minimum absolute atomic E-state index is 0.216. The van der Waals surface area contributed by atoms with Crippen LogP contribution in [0.15, 0.2) is 12.4 Å². The van der Waals surface area contributed by atoms with Gasteiger partial charge in [0.1, 0.15) is 12.1 Å². The molecule has 0 spiro atoms. The van der Waals surface area contributed by atoms with Crippen molar-refractivity contribution in [3.05, 3.63) is 18.1 Å². The molecule has 3 aliphatic heterocycles.